The van der Waals surface area contributed by atoms with Gasteiger partial charge in [-0.1, -0.05) is 30.3 Å². The topological polar surface area (TPSA) is 52.6 Å². The van der Waals surface area contributed by atoms with Gasteiger partial charge in [-0.2, -0.15) is 0 Å². The lowest BCUT2D eigenvalue weighted by atomic mass is 9.49. The van der Waals surface area contributed by atoms with E-state index in [1.54, 1.807) is 0 Å². The first-order chi connectivity index (χ1) is 14.0. The molecule has 4 aliphatic carbocycles. The first-order valence-electron chi connectivity index (χ1n) is 11.3. The smallest absolute Gasteiger partial charge is 0.242 e. The third kappa shape index (κ3) is 3.58. The number of nitrogens with zero attached hydrogens (tertiary/aromatic N) is 2. The lowest BCUT2D eigenvalue weighted by Gasteiger charge is -2.55. The van der Waals surface area contributed by atoms with Crippen molar-refractivity contribution in [3.63, 3.8) is 0 Å². The highest BCUT2D eigenvalue weighted by atomic mass is 16.2. The summed E-state index contributed by atoms with van der Waals surface area (Å²) in [6, 6.07) is 10.3. The molecular formula is C24H33N3O2. The van der Waals surface area contributed by atoms with Crippen LogP contribution >= 0.6 is 0 Å². The number of benzene rings is 1. The molecule has 0 unspecified atom stereocenters. The molecule has 29 heavy (non-hydrogen) atoms. The maximum absolute atomic E-state index is 13.2. The van der Waals surface area contributed by atoms with Gasteiger partial charge >= 0.3 is 0 Å². The van der Waals surface area contributed by atoms with Crippen molar-refractivity contribution in [2.45, 2.75) is 44.6 Å². The fraction of sp³-hybridized carbons (Fsp3) is 0.667. The standard InChI is InChI=1S/C24H33N3O2/c1-26-7-8-27(21(16-26)20-5-3-2-4-6-20)22(28)15-25-23(29)24-12-17-9-18(13-24)11-19(10-17)14-24/h2-6,17-19,21H,7-16H2,1H3,(H,25,29)/t17?,18?,19?,21-,24?/m0/s1. The monoisotopic (exact) mass is 395 g/mol. The zero-order valence-corrected chi connectivity index (χ0v) is 17.5. The maximum Gasteiger partial charge on any atom is 0.242 e. The molecule has 5 nitrogen and oxygen atoms in total. The van der Waals surface area contributed by atoms with E-state index < -0.39 is 0 Å². The third-order valence-corrected chi connectivity index (χ3v) is 8.01. The maximum atomic E-state index is 13.2. The van der Waals surface area contributed by atoms with Crippen molar-refractivity contribution < 1.29 is 9.59 Å². The van der Waals surface area contributed by atoms with Crippen LogP contribution in [0.25, 0.3) is 0 Å². The number of hydrogen-bond donors (Lipinski definition) is 1. The number of hydrogen-bond acceptors (Lipinski definition) is 3. The van der Waals surface area contributed by atoms with Crippen molar-refractivity contribution in [1.29, 1.82) is 0 Å². The number of carbonyl (C=O) groups is 2. The zero-order valence-electron chi connectivity index (χ0n) is 17.5. The molecule has 0 radical (unpaired) electrons. The van der Waals surface area contributed by atoms with Crippen LogP contribution in [-0.4, -0.2) is 54.8 Å². The number of likely N-dealkylation sites (N-methyl/N-ethyl adjacent to an activating group) is 1. The van der Waals surface area contributed by atoms with Crippen molar-refractivity contribution in [2.75, 3.05) is 33.2 Å². The number of piperazine rings is 1. The Labute approximate surface area is 173 Å². The minimum absolute atomic E-state index is 0.0463. The van der Waals surface area contributed by atoms with Gasteiger partial charge in [-0.05, 0) is 68.9 Å². The van der Waals surface area contributed by atoms with Gasteiger partial charge in [0.1, 0.15) is 0 Å². The summed E-state index contributed by atoms with van der Waals surface area (Å²) in [5.41, 5.74) is 0.982. The highest BCUT2D eigenvalue weighted by Gasteiger charge is 2.54. The van der Waals surface area contributed by atoms with E-state index in [9.17, 15) is 9.59 Å². The Bertz CT molecular complexity index is 742. The van der Waals surface area contributed by atoms with Gasteiger partial charge in [0.15, 0.2) is 0 Å². The van der Waals surface area contributed by atoms with Crippen LogP contribution in [0.1, 0.15) is 50.1 Å². The normalized spacial score (nSPS) is 36.2. The Morgan fingerprint density at radius 3 is 2.24 bits per heavy atom. The molecule has 4 bridgehead atoms. The molecule has 156 valence electrons. The van der Waals surface area contributed by atoms with Crippen LogP contribution in [0.2, 0.25) is 0 Å². The molecule has 1 saturated heterocycles. The Hall–Kier alpha value is -1.88. The van der Waals surface area contributed by atoms with Gasteiger partial charge in [-0.25, -0.2) is 0 Å². The predicted octanol–water partition coefficient (Wildman–Crippen LogP) is 2.83. The molecule has 1 aliphatic heterocycles. The SMILES string of the molecule is CN1CCN(C(=O)CNC(=O)C23CC4CC(CC(C4)C2)C3)[C@H](c2ccccc2)C1. The van der Waals surface area contributed by atoms with Gasteiger partial charge in [0.05, 0.1) is 12.6 Å². The van der Waals surface area contributed by atoms with E-state index in [-0.39, 0.29) is 29.8 Å². The van der Waals surface area contributed by atoms with Gasteiger partial charge < -0.3 is 15.1 Å². The molecule has 6 rings (SSSR count). The second kappa shape index (κ2) is 7.42. The second-order valence-electron chi connectivity index (χ2n) is 10.2. The van der Waals surface area contributed by atoms with E-state index in [1.807, 2.05) is 23.1 Å². The number of rotatable bonds is 4. The summed E-state index contributed by atoms with van der Waals surface area (Å²) in [5.74, 6) is 2.41. The fourth-order valence-corrected chi connectivity index (χ4v) is 7.01. The summed E-state index contributed by atoms with van der Waals surface area (Å²) >= 11 is 0. The number of amides is 2. The van der Waals surface area contributed by atoms with Crippen LogP contribution in [0.15, 0.2) is 30.3 Å². The van der Waals surface area contributed by atoms with Crippen LogP contribution in [0.5, 0.6) is 0 Å². The van der Waals surface area contributed by atoms with Gasteiger partial charge in [-0.15, -0.1) is 0 Å². The molecule has 0 aromatic heterocycles. The van der Waals surface area contributed by atoms with Crippen LogP contribution in [0.3, 0.4) is 0 Å². The molecule has 1 aromatic rings. The second-order valence-corrected chi connectivity index (χ2v) is 10.2. The van der Waals surface area contributed by atoms with E-state index in [0.29, 0.717) is 6.54 Å². The van der Waals surface area contributed by atoms with Crippen molar-refractivity contribution in [3.8, 4) is 0 Å². The number of nitrogens with one attached hydrogen (secondary N) is 1. The van der Waals surface area contributed by atoms with Gasteiger partial charge in [-0.3, -0.25) is 9.59 Å². The summed E-state index contributed by atoms with van der Waals surface area (Å²) in [6.07, 6.45) is 7.10. The van der Waals surface area contributed by atoms with Crippen molar-refractivity contribution >= 4 is 11.8 Å². The molecule has 4 saturated carbocycles. The van der Waals surface area contributed by atoms with E-state index in [2.05, 4.69) is 29.4 Å². The van der Waals surface area contributed by atoms with Crippen LogP contribution in [0.4, 0.5) is 0 Å². The van der Waals surface area contributed by atoms with E-state index >= 15 is 0 Å². The minimum Gasteiger partial charge on any atom is -0.347 e. The fourth-order valence-electron chi connectivity index (χ4n) is 7.01. The zero-order chi connectivity index (χ0) is 20.0. The number of carbonyl (C=O) groups excluding carboxylic acids is 2. The summed E-state index contributed by atoms with van der Waals surface area (Å²) in [5, 5.41) is 3.08. The first-order valence-corrected chi connectivity index (χ1v) is 11.3. The molecule has 1 aromatic carbocycles. The highest BCUT2D eigenvalue weighted by molar-refractivity contribution is 5.88. The van der Waals surface area contributed by atoms with Crippen molar-refractivity contribution in [2.24, 2.45) is 23.2 Å². The van der Waals surface area contributed by atoms with E-state index in [0.717, 1.165) is 50.1 Å². The lowest BCUT2D eigenvalue weighted by Crippen LogP contribution is -2.56. The molecule has 5 heteroatoms. The molecule has 5 aliphatic rings. The van der Waals surface area contributed by atoms with Gasteiger partial charge in [0.25, 0.3) is 0 Å². The third-order valence-electron chi connectivity index (χ3n) is 8.01. The molecular weight excluding hydrogens is 362 g/mol. The Morgan fingerprint density at radius 1 is 1.00 bits per heavy atom. The first kappa shape index (κ1) is 19.1. The quantitative estimate of drug-likeness (QED) is 0.853. The average Bonchev–Trinajstić information content (AvgIpc) is 2.71. The van der Waals surface area contributed by atoms with E-state index in [4.69, 9.17) is 0 Å². The van der Waals surface area contributed by atoms with Crippen molar-refractivity contribution in [1.82, 2.24) is 15.1 Å². The Kier molecular flexibility index (Phi) is 4.89. The van der Waals surface area contributed by atoms with Gasteiger partial charge in [0, 0.05) is 25.0 Å². The van der Waals surface area contributed by atoms with Crippen LogP contribution in [-0.2, 0) is 9.59 Å². The summed E-state index contributed by atoms with van der Waals surface area (Å²) in [7, 11) is 2.10. The van der Waals surface area contributed by atoms with E-state index in [1.165, 1.54) is 24.8 Å². The Balaban J connectivity index is 1.24. The molecule has 0 spiro atoms. The predicted molar refractivity (Wildman–Crippen MR) is 112 cm³/mol. The summed E-state index contributed by atoms with van der Waals surface area (Å²) in [4.78, 5) is 30.6. The summed E-state index contributed by atoms with van der Waals surface area (Å²) in [6.45, 7) is 2.55. The molecule has 2 amide bonds. The lowest BCUT2D eigenvalue weighted by molar-refractivity contribution is -0.148. The molecule has 1 atom stereocenters. The summed E-state index contributed by atoms with van der Waals surface area (Å²) < 4.78 is 0. The highest BCUT2D eigenvalue weighted by Crippen LogP contribution is 2.60. The largest absolute Gasteiger partial charge is 0.347 e. The Morgan fingerprint density at radius 2 is 1.62 bits per heavy atom. The molecule has 5 fully saturated rings. The molecule has 1 heterocycles. The van der Waals surface area contributed by atoms with Crippen LogP contribution < -0.4 is 5.32 Å². The van der Waals surface area contributed by atoms with Crippen LogP contribution in [0, 0.1) is 23.2 Å². The minimum atomic E-state index is -0.185. The van der Waals surface area contributed by atoms with Crippen molar-refractivity contribution in [3.05, 3.63) is 35.9 Å². The molecule has 1 N–H and O–H groups in total. The van der Waals surface area contributed by atoms with Gasteiger partial charge in [0.2, 0.25) is 11.8 Å². The average molecular weight is 396 g/mol.